The van der Waals surface area contributed by atoms with Gasteiger partial charge in [0.2, 0.25) is 0 Å². The van der Waals surface area contributed by atoms with Crippen LogP contribution in [-0.2, 0) is 41.6 Å². The molecule has 0 aliphatic heterocycles. The summed E-state index contributed by atoms with van der Waals surface area (Å²) < 4.78 is 12.2. The Bertz CT molecular complexity index is 950. The Hall–Kier alpha value is -2.93. The molecule has 0 saturated heterocycles. The van der Waals surface area contributed by atoms with Gasteiger partial charge in [-0.3, -0.25) is 23.9 Å². The highest BCUT2D eigenvalue weighted by Crippen LogP contribution is 2.16. The van der Waals surface area contributed by atoms with Crippen molar-refractivity contribution in [1.29, 1.82) is 0 Å². The molecule has 226 valence electrons. The fourth-order valence-electron chi connectivity index (χ4n) is 3.86. The van der Waals surface area contributed by atoms with Gasteiger partial charge in [0.25, 0.3) is 0 Å². The number of nitrogens with one attached hydrogen (secondary N) is 1. The smallest absolute Gasteiger partial charge is 0.305 e. The lowest BCUT2D eigenvalue weighted by atomic mass is 9.93. The van der Waals surface area contributed by atoms with E-state index in [9.17, 15) is 19.2 Å². The summed E-state index contributed by atoms with van der Waals surface area (Å²) in [4.78, 5) is 47.4. The summed E-state index contributed by atoms with van der Waals surface area (Å²) in [7, 11) is 1.69. The predicted octanol–water partition coefficient (Wildman–Crippen LogP) is 1.90. The van der Waals surface area contributed by atoms with Crippen LogP contribution >= 0.6 is 11.8 Å². The van der Waals surface area contributed by atoms with Crippen molar-refractivity contribution in [3.8, 4) is 0 Å². The lowest BCUT2D eigenvalue weighted by molar-refractivity contribution is -0.145. The number of likely N-dealkylation sites (N-methyl/N-ethyl adjacent to an activating group) is 1. The van der Waals surface area contributed by atoms with E-state index in [1.807, 2.05) is 6.20 Å². The lowest BCUT2D eigenvalue weighted by Crippen LogP contribution is -2.32. The Morgan fingerprint density at radius 2 is 1.68 bits per heavy atom. The number of rotatable bonds is 23. The van der Waals surface area contributed by atoms with Crippen molar-refractivity contribution < 1.29 is 28.7 Å². The van der Waals surface area contributed by atoms with Crippen molar-refractivity contribution in [1.82, 2.24) is 20.3 Å². The first-order valence-electron chi connectivity index (χ1n) is 13.8. The first-order chi connectivity index (χ1) is 19.1. The number of esters is 2. The number of nitrogens with two attached hydrogens (primary N) is 2. The fraction of sp³-hybridized carbons (Fsp3) is 0.704. The summed E-state index contributed by atoms with van der Waals surface area (Å²) in [6.07, 6.45) is 8.13. The normalized spacial score (nSPS) is 12.4. The van der Waals surface area contributed by atoms with E-state index < -0.39 is 0 Å². The van der Waals surface area contributed by atoms with Gasteiger partial charge in [-0.05, 0) is 77.0 Å². The van der Waals surface area contributed by atoms with E-state index in [1.165, 1.54) is 13.8 Å². The second kappa shape index (κ2) is 20.9. The molecule has 13 heteroatoms. The maximum absolute atomic E-state index is 12.1. The number of hydrogen-bond acceptors (Lipinski definition) is 12. The van der Waals surface area contributed by atoms with Gasteiger partial charge in [-0.1, -0.05) is 5.21 Å². The van der Waals surface area contributed by atoms with Crippen molar-refractivity contribution in [2.24, 2.45) is 17.4 Å². The summed E-state index contributed by atoms with van der Waals surface area (Å²) in [5, 5.41) is 11.1. The molecular weight excluding hydrogens is 536 g/mol. The quantitative estimate of drug-likeness (QED) is 0.126. The van der Waals surface area contributed by atoms with Crippen LogP contribution in [0.4, 0.5) is 0 Å². The van der Waals surface area contributed by atoms with Gasteiger partial charge in [0.05, 0.1) is 30.8 Å². The molecule has 1 aromatic rings. The first kappa shape index (κ1) is 35.1. The minimum atomic E-state index is -0.339. The average molecular weight is 583 g/mol. The number of Topliss-reactive ketones (excluding diaryl/α,β-unsaturated/α-hetero) is 2. The maximum atomic E-state index is 12.1. The molecular formula is C27H46N6O6S. The van der Waals surface area contributed by atoms with Gasteiger partial charge < -0.3 is 26.3 Å². The molecule has 0 aliphatic carbocycles. The van der Waals surface area contributed by atoms with Gasteiger partial charge in [-0.25, -0.2) is 0 Å². The number of nitrogens with zero attached hydrogens (tertiary/aromatic N) is 3. The van der Waals surface area contributed by atoms with E-state index in [-0.39, 0.29) is 54.9 Å². The molecule has 0 spiro atoms. The van der Waals surface area contributed by atoms with E-state index in [1.54, 1.807) is 29.6 Å². The third-order valence-electron chi connectivity index (χ3n) is 6.22. The summed E-state index contributed by atoms with van der Waals surface area (Å²) in [6.45, 7) is 4.18. The zero-order chi connectivity index (χ0) is 29.8. The highest BCUT2D eigenvalue weighted by atomic mass is 32.2. The molecule has 1 aromatic heterocycles. The molecule has 40 heavy (non-hydrogen) atoms. The standard InChI is InChI=1S/C27H46N6O6S/c1-20(34)22(9-12-26(36)39-16-6-18-40-17-4-7-25(28)29)8-10-23-19-33(32-31-23)14-5-15-38-27(37)13-11-24(30-3)21(2)35/h7,19,22,24,30H,4-6,8-18,28-29H2,1-3H3/t22?,24-/m0/s1. The average Bonchev–Trinajstić information content (AvgIpc) is 3.35. The Kier molecular flexibility index (Phi) is 18.3. The largest absolute Gasteiger partial charge is 0.466 e. The molecule has 1 rings (SSSR count). The van der Waals surface area contributed by atoms with Crippen LogP contribution in [-0.4, -0.2) is 76.3 Å². The van der Waals surface area contributed by atoms with Crippen LogP contribution in [0.2, 0.25) is 0 Å². The van der Waals surface area contributed by atoms with E-state index in [0.29, 0.717) is 51.1 Å². The minimum absolute atomic E-state index is 0.00851. The lowest BCUT2D eigenvalue weighted by Gasteiger charge is -2.12. The predicted molar refractivity (Wildman–Crippen MR) is 154 cm³/mol. The van der Waals surface area contributed by atoms with E-state index in [2.05, 4.69) is 15.6 Å². The number of carbonyl (C=O) groups excluding carboxylic acids is 4. The highest BCUT2D eigenvalue weighted by molar-refractivity contribution is 7.99. The molecule has 12 nitrogen and oxygen atoms in total. The molecule has 0 fully saturated rings. The van der Waals surface area contributed by atoms with Crippen LogP contribution in [0.15, 0.2) is 18.1 Å². The summed E-state index contributed by atoms with van der Waals surface area (Å²) in [5.41, 5.74) is 11.5. The number of hydrogen-bond donors (Lipinski definition) is 3. The number of aryl methyl sites for hydroxylation is 2. The topological polar surface area (TPSA) is 182 Å². The third-order valence-corrected chi connectivity index (χ3v) is 7.32. The molecule has 0 radical (unpaired) electrons. The molecule has 2 atom stereocenters. The fourth-order valence-corrected chi connectivity index (χ4v) is 4.67. The molecule has 0 aliphatic rings. The van der Waals surface area contributed by atoms with Crippen molar-refractivity contribution in [3.05, 3.63) is 23.8 Å². The number of allylic oxidation sites excluding steroid dienone is 1. The molecule has 1 unspecified atom stereocenters. The Balaban J connectivity index is 2.23. The SMILES string of the molecule is CN[C@@H](CCC(=O)OCCCn1cc(CCC(CCC(=O)OCCCSCCC=C(N)N)C(C)=O)nn1)C(C)=O. The van der Waals surface area contributed by atoms with Crippen molar-refractivity contribution in [2.45, 2.75) is 84.2 Å². The van der Waals surface area contributed by atoms with E-state index >= 15 is 0 Å². The van der Waals surface area contributed by atoms with E-state index in [0.717, 1.165) is 30.0 Å². The molecule has 0 saturated carbocycles. The van der Waals surface area contributed by atoms with Crippen LogP contribution < -0.4 is 16.8 Å². The third kappa shape index (κ3) is 16.9. The van der Waals surface area contributed by atoms with E-state index in [4.69, 9.17) is 20.9 Å². The highest BCUT2D eigenvalue weighted by Gasteiger charge is 2.18. The maximum Gasteiger partial charge on any atom is 0.305 e. The number of aromatic nitrogens is 3. The van der Waals surface area contributed by atoms with Gasteiger partial charge in [-0.15, -0.1) is 5.10 Å². The van der Waals surface area contributed by atoms with Gasteiger partial charge >= 0.3 is 11.9 Å². The Morgan fingerprint density at radius 1 is 1.00 bits per heavy atom. The summed E-state index contributed by atoms with van der Waals surface area (Å²) in [6, 6.07) is -0.339. The van der Waals surface area contributed by atoms with Crippen LogP contribution in [0.5, 0.6) is 0 Å². The zero-order valence-corrected chi connectivity index (χ0v) is 24.9. The summed E-state index contributed by atoms with van der Waals surface area (Å²) >= 11 is 1.75. The Labute approximate surface area is 241 Å². The van der Waals surface area contributed by atoms with Gasteiger partial charge in [0, 0.05) is 37.9 Å². The number of ketones is 2. The zero-order valence-electron chi connectivity index (χ0n) is 24.1. The van der Waals surface area contributed by atoms with Gasteiger partial charge in [-0.2, -0.15) is 11.8 Å². The second-order valence-electron chi connectivity index (χ2n) is 9.60. The minimum Gasteiger partial charge on any atom is -0.466 e. The number of carbonyl (C=O) groups is 4. The summed E-state index contributed by atoms with van der Waals surface area (Å²) in [5.74, 6) is 1.28. The van der Waals surface area contributed by atoms with Crippen LogP contribution in [0, 0.1) is 5.92 Å². The molecule has 0 aromatic carbocycles. The second-order valence-corrected chi connectivity index (χ2v) is 10.8. The van der Waals surface area contributed by atoms with Gasteiger partial charge in [0.1, 0.15) is 11.6 Å². The van der Waals surface area contributed by atoms with Crippen LogP contribution in [0.1, 0.15) is 70.9 Å². The monoisotopic (exact) mass is 582 g/mol. The molecule has 0 amide bonds. The number of thioether (sulfide) groups is 1. The van der Waals surface area contributed by atoms with Crippen molar-refractivity contribution in [3.63, 3.8) is 0 Å². The van der Waals surface area contributed by atoms with Crippen LogP contribution in [0.3, 0.4) is 0 Å². The first-order valence-corrected chi connectivity index (χ1v) is 14.9. The molecule has 0 bridgehead atoms. The molecule has 5 N–H and O–H groups in total. The van der Waals surface area contributed by atoms with Crippen LogP contribution in [0.25, 0.3) is 0 Å². The van der Waals surface area contributed by atoms with Gasteiger partial charge in [0.15, 0.2) is 0 Å². The van der Waals surface area contributed by atoms with Crippen molar-refractivity contribution in [2.75, 3.05) is 31.8 Å². The van der Waals surface area contributed by atoms with Crippen molar-refractivity contribution >= 4 is 35.3 Å². The molecule has 1 heterocycles. The number of ether oxygens (including phenoxy) is 2. The Morgan fingerprint density at radius 3 is 2.30 bits per heavy atom.